The topological polar surface area (TPSA) is 79.3 Å². The highest BCUT2D eigenvalue weighted by Crippen LogP contribution is 2.22. The lowest BCUT2D eigenvalue weighted by molar-refractivity contribution is -0.136. The van der Waals surface area contributed by atoms with E-state index in [-0.39, 0.29) is 21.6 Å². The van der Waals surface area contributed by atoms with Crippen molar-refractivity contribution < 1.29 is 19.1 Å². The number of halogens is 2. The second-order valence-corrected chi connectivity index (χ2v) is 5.42. The average molecular weight is 359 g/mol. The monoisotopic (exact) mass is 358 g/mol. The van der Waals surface area contributed by atoms with Gasteiger partial charge in [-0.1, -0.05) is 6.07 Å². The molecule has 0 atom stereocenters. The summed E-state index contributed by atoms with van der Waals surface area (Å²) in [7, 11) is 0. The molecule has 20 heavy (non-hydrogen) atoms. The molecule has 0 aliphatic rings. The van der Waals surface area contributed by atoms with Crippen LogP contribution in [0.15, 0.2) is 28.1 Å². The SMILES string of the molecule is O=C(O)Cc1csc(NC(=O)c2cccc(F)c2Br)n1. The van der Waals surface area contributed by atoms with Gasteiger partial charge in [-0.05, 0) is 28.1 Å². The van der Waals surface area contributed by atoms with Crippen LogP contribution in [0.3, 0.4) is 0 Å². The normalized spacial score (nSPS) is 10.3. The van der Waals surface area contributed by atoms with Crippen LogP contribution in [0.2, 0.25) is 0 Å². The first kappa shape index (κ1) is 14.6. The van der Waals surface area contributed by atoms with Crippen LogP contribution in [0.1, 0.15) is 16.1 Å². The van der Waals surface area contributed by atoms with Gasteiger partial charge >= 0.3 is 5.97 Å². The van der Waals surface area contributed by atoms with E-state index in [0.29, 0.717) is 5.69 Å². The number of amides is 1. The zero-order chi connectivity index (χ0) is 14.7. The Balaban J connectivity index is 2.13. The zero-order valence-corrected chi connectivity index (χ0v) is 12.3. The fourth-order valence-corrected chi connectivity index (χ4v) is 2.59. The summed E-state index contributed by atoms with van der Waals surface area (Å²) in [5, 5.41) is 12.9. The van der Waals surface area contributed by atoms with Gasteiger partial charge in [-0.15, -0.1) is 11.3 Å². The third kappa shape index (κ3) is 3.40. The summed E-state index contributed by atoms with van der Waals surface area (Å²) >= 11 is 4.11. The molecule has 2 N–H and O–H groups in total. The number of thiazole rings is 1. The number of hydrogen-bond acceptors (Lipinski definition) is 4. The maximum Gasteiger partial charge on any atom is 0.309 e. The van der Waals surface area contributed by atoms with Gasteiger partial charge in [0.15, 0.2) is 5.13 Å². The Bertz CT molecular complexity index is 674. The predicted octanol–water partition coefficient (Wildman–Crippen LogP) is 2.92. The van der Waals surface area contributed by atoms with Crippen molar-refractivity contribution >= 4 is 44.3 Å². The number of aliphatic carboxylic acids is 1. The highest BCUT2D eigenvalue weighted by molar-refractivity contribution is 9.10. The Morgan fingerprint density at radius 3 is 2.90 bits per heavy atom. The van der Waals surface area contributed by atoms with Gasteiger partial charge in [0.1, 0.15) is 5.82 Å². The number of carboxylic acids is 1. The van der Waals surface area contributed by atoms with Gasteiger partial charge in [0.25, 0.3) is 5.91 Å². The summed E-state index contributed by atoms with van der Waals surface area (Å²) in [6.45, 7) is 0. The highest BCUT2D eigenvalue weighted by atomic mass is 79.9. The molecule has 0 radical (unpaired) electrons. The van der Waals surface area contributed by atoms with E-state index >= 15 is 0 Å². The van der Waals surface area contributed by atoms with Gasteiger partial charge in [0, 0.05) is 5.38 Å². The number of nitrogens with zero attached hydrogens (tertiary/aromatic N) is 1. The lowest BCUT2D eigenvalue weighted by Gasteiger charge is -2.04. The number of carbonyl (C=O) groups excluding carboxylic acids is 1. The fourth-order valence-electron chi connectivity index (χ4n) is 1.44. The molecule has 2 aromatic rings. The van der Waals surface area contributed by atoms with Crippen molar-refractivity contribution in [3.8, 4) is 0 Å². The molecule has 0 aliphatic heterocycles. The third-order valence-corrected chi connectivity index (χ3v) is 3.91. The van der Waals surface area contributed by atoms with Crippen molar-refractivity contribution in [3.05, 3.63) is 45.1 Å². The second kappa shape index (κ2) is 6.10. The number of aromatic nitrogens is 1. The minimum atomic E-state index is -0.999. The van der Waals surface area contributed by atoms with Crippen LogP contribution < -0.4 is 5.32 Å². The molecule has 1 amide bonds. The van der Waals surface area contributed by atoms with Gasteiger partial charge in [-0.2, -0.15) is 0 Å². The van der Waals surface area contributed by atoms with Crippen LogP contribution >= 0.6 is 27.3 Å². The number of anilines is 1. The van der Waals surface area contributed by atoms with Crippen LogP contribution in [0.4, 0.5) is 9.52 Å². The maximum atomic E-state index is 13.3. The van der Waals surface area contributed by atoms with Gasteiger partial charge in [0.2, 0.25) is 0 Å². The Morgan fingerprint density at radius 2 is 2.20 bits per heavy atom. The lowest BCUT2D eigenvalue weighted by atomic mass is 10.2. The molecular formula is C12H8BrFN2O3S. The van der Waals surface area contributed by atoms with Crippen molar-refractivity contribution in [2.75, 3.05) is 5.32 Å². The number of carbonyl (C=O) groups is 2. The summed E-state index contributed by atoms with van der Waals surface area (Å²) in [6, 6.07) is 4.12. The molecule has 1 heterocycles. The van der Waals surface area contributed by atoms with Crippen LogP contribution in [0, 0.1) is 5.82 Å². The molecule has 1 aromatic heterocycles. The number of rotatable bonds is 4. The van der Waals surface area contributed by atoms with Crippen molar-refractivity contribution in [2.24, 2.45) is 0 Å². The van der Waals surface area contributed by atoms with Gasteiger partial charge in [0.05, 0.1) is 22.2 Å². The molecule has 0 saturated carbocycles. The lowest BCUT2D eigenvalue weighted by Crippen LogP contribution is -2.13. The first-order valence-corrected chi connectivity index (χ1v) is 7.06. The summed E-state index contributed by atoms with van der Waals surface area (Å²) in [4.78, 5) is 26.5. The second-order valence-electron chi connectivity index (χ2n) is 3.77. The number of hydrogen-bond donors (Lipinski definition) is 2. The molecule has 0 saturated heterocycles. The number of carboxylic acid groups (broad SMARTS) is 1. The summed E-state index contributed by atoms with van der Waals surface area (Å²) < 4.78 is 13.4. The molecule has 0 aliphatic carbocycles. The first-order valence-electron chi connectivity index (χ1n) is 5.39. The number of nitrogens with one attached hydrogen (secondary N) is 1. The molecule has 5 nitrogen and oxygen atoms in total. The van der Waals surface area contributed by atoms with Crippen molar-refractivity contribution in [1.29, 1.82) is 0 Å². The van der Waals surface area contributed by atoms with Gasteiger partial charge in [-0.25, -0.2) is 9.37 Å². The van der Waals surface area contributed by atoms with Crippen molar-refractivity contribution in [2.45, 2.75) is 6.42 Å². The molecule has 0 unspecified atom stereocenters. The quantitative estimate of drug-likeness (QED) is 0.880. The maximum absolute atomic E-state index is 13.3. The van der Waals surface area contributed by atoms with Crippen molar-refractivity contribution in [1.82, 2.24) is 4.98 Å². The molecule has 2 rings (SSSR count). The van der Waals surface area contributed by atoms with Crippen LogP contribution in [0.5, 0.6) is 0 Å². The highest BCUT2D eigenvalue weighted by Gasteiger charge is 2.15. The van der Waals surface area contributed by atoms with E-state index in [4.69, 9.17) is 5.11 Å². The molecule has 104 valence electrons. The van der Waals surface area contributed by atoms with E-state index in [1.54, 1.807) is 5.38 Å². The smallest absolute Gasteiger partial charge is 0.309 e. The standard InChI is InChI=1S/C12H8BrFN2O3S/c13-10-7(2-1-3-8(10)14)11(19)16-12-15-6(5-20-12)4-9(17)18/h1-3,5H,4H2,(H,17,18)(H,15,16,19). The van der Waals surface area contributed by atoms with E-state index in [1.807, 2.05) is 0 Å². The molecule has 0 fully saturated rings. The first-order chi connectivity index (χ1) is 9.47. The van der Waals surface area contributed by atoms with Gasteiger partial charge < -0.3 is 5.11 Å². The Kier molecular flexibility index (Phi) is 4.46. The van der Waals surface area contributed by atoms with E-state index in [0.717, 1.165) is 11.3 Å². The number of benzene rings is 1. The average Bonchev–Trinajstić information content (AvgIpc) is 2.79. The Hall–Kier alpha value is -1.80. The largest absolute Gasteiger partial charge is 0.481 e. The predicted molar refractivity (Wildman–Crippen MR) is 75.5 cm³/mol. The van der Waals surface area contributed by atoms with Crippen LogP contribution in [-0.2, 0) is 11.2 Å². The zero-order valence-electron chi connectivity index (χ0n) is 9.89. The van der Waals surface area contributed by atoms with Crippen molar-refractivity contribution in [3.63, 3.8) is 0 Å². The molecule has 0 bridgehead atoms. The molecule has 8 heteroatoms. The summed E-state index contributed by atoms with van der Waals surface area (Å²) in [5.74, 6) is -2.06. The minimum Gasteiger partial charge on any atom is -0.481 e. The fraction of sp³-hybridized carbons (Fsp3) is 0.0833. The van der Waals surface area contributed by atoms with Gasteiger partial charge in [-0.3, -0.25) is 14.9 Å². The van der Waals surface area contributed by atoms with Crippen LogP contribution in [-0.4, -0.2) is 22.0 Å². The third-order valence-electron chi connectivity index (χ3n) is 2.30. The van der Waals surface area contributed by atoms with E-state index in [1.165, 1.54) is 18.2 Å². The summed E-state index contributed by atoms with van der Waals surface area (Å²) in [6.07, 6.45) is -0.212. The Labute approximate surface area is 125 Å². The van der Waals surface area contributed by atoms with E-state index < -0.39 is 17.7 Å². The molecular weight excluding hydrogens is 351 g/mol. The molecule has 0 spiro atoms. The van der Waals surface area contributed by atoms with Crippen LogP contribution in [0.25, 0.3) is 0 Å². The minimum absolute atomic E-state index is 0.0693. The summed E-state index contributed by atoms with van der Waals surface area (Å²) in [5.41, 5.74) is 0.496. The molecule has 1 aromatic carbocycles. The van der Waals surface area contributed by atoms with E-state index in [9.17, 15) is 14.0 Å². The Morgan fingerprint density at radius 1 is 1.45 bits per heavy atom. The van der Waals surface area contributed by atoms with E-state index in [2.05, 4.69) is 26.2 Å².